The lowest BCUT2D eigenvalue weighted by molar-refractivity contribution is 0.306. The first-order valence-corrected chi connectivity index (χ1v) is 15.6. The number of ether oxygens (including phenoxy) is 2. The van der Waals surface area contributed by atoms with Crippen molar-refractivity contribution in [3.8, 4) is 28.8 Å². The smallest absolute Gasteiger partial charge is 0.282 e. The Bertz CT molecular complexity index is 2370. The molecule has 0 fully saturated rings. The first kappa shape index (κ1) is 30.3. The fourth-order valence-corrected chi connectivity index (χ4v) is 5.96. The Morgan fingerprint density at radius 2 is 1.70 bits per heavy atom. The maximum atomic E-state index is 13.8. The van der Waals surface area contributed by atoms with Gasteiger partial charge >= 0.3 is 0 Å². The van der Waals surface area contributed by atoms with E-state index in [0.29, 0.717) is 44.6 Å². The molecule has 0 spiro atoms. The predicted octanol–water partition coefficient (Wildman–Crippen LogP) is 8.99. The summed E-state index contributed by atoms with van der Waals surface area (Å²) in [5.74, 6) is 2.07. The molecule has 234 valence electrons. The van der Waals surface area contributed by atoms with E-state index in [2.05, 4.69) is 9.67 Å². The number of benzene rings is 4. The van der Waals surface area contributed by atoms with Crippen molar-refractivity contribution < 1.29 is 13.9 Å². The van der Waals surface area contributed by atoms with Gasteiger partial charge in [0.05, 0.1) is 39.7 Å². The Labute approximate surface area is 280 Å². The average molecular weight is 664 g/mol. The minimum atomic E-state index is -0.306. The first-order valence-electron chi connectivity index (χ1n) is 14.8. The molecule has 0 aliphatic heterocycles. The van der Waals surface area contributed by atoms with Crippen molar-refractivity contribution in [2.24, 2.45) is 5.10 Å². The molecular formula is C37H28Cl2N4O4. The standard InChI is InChI=1S/C37H28Cl2N4O4/c1-22-17-25(23(2)42(22)26-12-14-27(15-13-26)46-21-24-11-16-30(38)31(39)18-24)20-40-43-36(41-32-8-5-4-7-28(32)37(43)44)35-19-29-33(45-3)9-6-10-34(29)47-35/h4-20H,21H2,1-3H3. The zero-order chi connectivity index (χ0) is 32.7. The summed E-state index contributed by atoms with van der Waals surface area (Å²) in [6, 6.07) is 29.9. The highest BCUT2D eigenvalue weighted by atomic mass is 35.5. The molecule has 0 unspecified atom stereocenters. The zero-order valence-electron chi connectivity index (χ0n) is 25.7. The number of halogens is 2. The van der Waals surface area contributed by atoms with E-state index in [-0.39, 0.29) is 11.4 Å². The second-order valence-electron chi connectivity index (χ2n) is 11.0. The SMILES string of the molecule is COc1cccc2oc(-c3nc4ccccc4c(=O)n3N=Cc3cc(C)n(-c4ccc(OCc5ccc(Cl)c(Cl)c5)cc4)c3C)cc12. The molecule has 0 radical (unpaired) electrons. The van der Waals surface area contributed by atoms with E-state index in [1.54, 1.807) is 37.6 Å². The first-order chi connectivity index (χ1) is 22.8. The third-order valence-electron chi connectivity index (χ3n) is 7.98. The average Bonchev–Trinajstić information content (AvgIpc) is 3.65. The number of para-hydroxylation sites is 1. The number of hydrogen-bond donors (Lipinski definition) is 0. The van der Waals surface area contributed by atoms with Gasteiger partial charge in [0.15, 0.2) is 5.76 Å². The normalized spacial score (nSPS) is 11.6. The molecule has 0 amide bonds. The molecule has 0 N–H and O–H groups in total. The zero-order valence-corrected chi connectivity index (χ0v) is 27.2. The van der Waals surface area contributed by atoms with Crippen LogP contribution in [0.4, 0.5) is 0 Å². The summed E-state index contributed by atoms with van der Waals surface area (Å²) in [4.78, 5) is 18.6. The molecule has 3 aromatic heterocycles. The summed E-state index contributed by atoms with van der Waals surface area (Å²) in [5.41, 5.74) is 5.55. The summed E-state index contributed by atoms with van der Waals surface area (Å²) in [5, 5.41) is 6.91. The van der Waals surface area contributed by atoms with E-state index in [1.165, 1.54) is 4.68 Å². The summed E-state index contributed by atoms with van der Waals surface area (Å²) < 4.78 is 21.1. The molecule has 4 aromatic carbocycles. The van der Waals surface area contributed by atoms with Gasteiger partial charge in [-0.05, 0) is 92.2 Å². The Morgan fingerprint density at radius 1 is 0.894 bits per heavy atom. The molecule has 7 rings (SSSR count). The van der Waals surface area contributed by atoms with Gasteiger partial charge in [0.25, 0.3) is 5.56 Å². The van der Waals surface area contributed by atoms with Crippen LogP contribution in [0.1, 0.15) is 22.5 Å². The van der Waals surface area contributed by atoms with Crippen LogP contribution in [0.2, 0.25) is 10.0 Å². The monoisotopic (exact) mass is 662 g/mol. The van der Waals surface area contributed by atoms with Gasteiger partial charge in [0.2, 0.25) is 5.82 Å². The third-order valence-corrected chi connectivity index (χ3v) is 8.72. The topological polar surface area (TPSA) is 83.8 Å². The quantitative estimate of drug-likeness (QED) is 0.152. The molecule has 0 bridgehead atoms. The van der Waals surface area contributed by atoms with E-state index in [4.69, 9.17) is 42.1 Å². The lowest BCUT2D eigenvalue weighted by Crippen LogP contribution is -2.20. The van der Waals surface area contributed by atoms with Gasteiger partial charge in [-0.25, -0.2) is 4.98 Å². The van der Waals surface area contributed by atoms with Crippen molar-refractivity contribution in [2.45, 2.75) is 20.5 Å². The number of methoxy groups -OCH3 is 1. The van der Waals surface area contributed by atoms with Crippen LogP contribution in [0.25, 0.3) is 39.1 Å². The number of nitrogens with zero attached hydrogens (tertiary/aromatic N) is 4. The van der Waals surface area contributed by atoms with E-state index in [1.807, 2.05) is 86.6 Å². The molecule has 7 aromatic rings. The van der Waals surface area contributed by atoms with Gasteiger partial charge in [0, 0.05) is 22.6 Å². The van der Waals surface area contributed by atoms with Crippen LogP contribution in [0.5, 0.6) is 11.5 Å². The number of aromatic nitrogens is 3. The van der Waals surface area contributed by atoms with Crippen LogP contribution in [-0.2, 0) is 6.61 Å². The van der Waals surface area contributed by atoms with Crippen LogP contribution < -0.4 is 15.0 Å². The van der Waals surface area contributed by atoms with Crippen LogP contribution in [0.15, 0.2) is 111 Å². The minimum Gasteiger partial charge on any atom is -0.496 e. The fourth-order valence-electron chi connectivity index (χ4n) is 5.64. The second-order valence-corrected chi connectivity index (χ2v) is 11.8. The van der Waals surface area contributed by atoms with E-state index < -0.39 is 0 Å². The lowest BCUT2D eigenvalue weighted by Gasteiger charge is -2.12. The van der Waals surface area contributed by atoms with Crippen LogP contribution in [0, 0.1) is 13.8 Å². The number of aryl methyl sites for hydroxylation is 1. The predicted molar refractivity (Wildman–Crippen MR) is 187 cm³/mol. The van der Waals surface area contributed by atoms with E-state index >= 15 is 0 Å². The Balaban J connectivity index is 1.21. The number of hydrogen-bond acceptors (Lipinski definition) is 6. The van der Waals surface area contributed by atoms with Crippen LogP contribution >= 0.6 is 23.2 Å². The van der Waals surface area contributed by atoms with Gasteiger partial charge in [0.1, 0.15) is 23.7 Å². The van der Waals surface area contributed by atoms with Gasteiger partial charge in [-0.15, -0.1) is 0 Å². The molecule has 0 saturated heterocycles. The highest BCUT2D eigenvalue weighted by Crippen LogP contribution is 2.33. The van der Waals surface area contributed by atoms with Gasteiger partial charge in [-0.2, -0.15) is 9.78 Å². The summed E-state index contributed by atoms with van der Waals surface area (Å²) in [7, 11) is 1.61. The van der Waals surface area contributed by atoms with Crippen molar-refractivity contribution in [3.05, 3.63) is 140 Å². The third kappa shape index (κ3) is 5.78. The van der Waals surface area contributed by atoms with Gasteiger partial charge in [-0.3, -0.25) is 4.79 Å². The number of rotatable bonds is 8. The van der Waals surface area contributed by atoms with Crippen LogP contribution in [-0.4, -0.2) is 27.6 Å². The summed E-state index contributed by atoms with van der Waals surface area (Å²) >= 11 is 12.2. The van der Waals surface area contributed by atoms with Crippen molar-refractivity contribution in [2.75, 3.05) is 7.11 Å². The van der Waals surface area contributed by atoms with E-state index in [9.17, 15) is 4.79 Å². The molecule has 0 aliphatic rings. The Kier molecular flexibility index (Phi) is 8.05. The van der Waals surface area contributed by atoms with Crippen molar-refractivity contribution in [1.82, 2.24) is 14.2 Å². The minimum absolute atomic E-state index is 0.286. The molecule has 0 saturated carbocycles. The van der Waals surface area contributed by atoms with E-state index in [0.717, 1.165) is 39.3 Å². The molecule has 8 nitrogen and oxygen atoms in total. The molecular weight excluding hydrogens is 635 g/mol. The maximum absolute atomic E-state index is 13.8. The van der Waals surface area contributed by atoms with Gasteiger partial charge in [-0.1, -0.05) is 47.5 Å². The second kappa shape index (κ2) is 12.5. The molecule has 10 heteroatoms. The number of fused-ring (bicyclic) bond motifs is 2. The molecule has 47 heavy (non-hydrogen) atoms. The molecule has 0 aliphatic carbocycles. The highest BCUT2D eigenvalue weighted by molar-refractivity contribution is 6.42. The maximum Gasteiger partial charge on any atom is 0.282 e. The Morgan fingerprint density at radius 3 is 2.49 bits per heavy atom. The summed E-state index contributed by atoms with van der Waals surface area (Å²) in [6.07, 6.45) is 1.68. The number of furan rings is 1. The van der Waals surface area contributed by atoms with Crippen LogP contribution in [0.3, 0.4) is 0 Å². The largest absolute Gasteiger partial charge is 0.496 e. The van der Waals surface area contributed by atoms with Gasteiger partial charge < -0.3 is 18.5 Å². The van der Waals surface area contributed by atoms with Crippen molar-refractivity contribution in [3.63, 3.8) is 0 Å². The lowest BCUT2D eigenvalue weighted by atomic mass is 10.2. The van der Waals surface area contributed by atoms with Crippen molar-refractivity contribution in [1.29, 1.82) is 0 Å². The highest BCUT2D eigenvalue weighted by Gasteiger charge is 2.18. The molecule has 0 atom stereocenters. The Hall–Kier alpha value is -5.31. The molecule has 3 heterocycles. The summed E-state index contributed by atoms with van der Waals surface area (Å²) in [6.45, 7) is 4.40. The van der Waals surface area contributed by atoms with Crippen molar-refractivity contribution >= 4 is 51.3 Å². The fraction of sp³-hybridized carbons (Fsp3) is 0.108.